The second-order valence-corrected chi connectivity index (χ2v) is 8.64. The molecule has 4 amide bonds. The van der Waals surface area contributed by atoms with Crippen LogP contribution in [0.15, 0.2) is 78.9 Å². The van der Waals surface area contributed by atoms with Crippen LogP contribution in [0.3, 0.4) is 0 Å². The summed E-state index contributed by atoms with van der Waals surface area (Å²) in [6.07, 6.45) is 0. The molecule has 0 saturated carbocycles. The number of rotatable bonds is 8. The number of carbonyl (C=O) groups is 3. The van der Waals surface area contributed by atoms with Gasteiger partial charge in [-0.1, -0.05) is 60.2 Å². The Kier molecular flexibility index (Phi) is 6.73. The Morgan fingerprint density at radius 2 is 1.74 bits per heavy atom. The van der Waals surface area contributed by atoms with Crippen LogP contribution in [0.5, 0.6) is 5.75 Å². The molecule has 1 saturated heterocycles. The number of carbonyl (C=O) groups excluding carboxylic acids is 3. The van der Waals surface area contributed by atoms with Gasteiger partial charge in [0.25, 0.3) is 11.8 Å². The standard InChI is InChI=1S/C27H28N4O4/c1-19-12-14-22(15-13-19)30(17-20-8-5-4-6-9-20)18-24(32)29-31-25(33)27(2,28-26(31)34)21-10-7-11-23(16-21)35-3/h4-16H,17-18H2,1-3H3,(H,28,34)(H,29,32). The van der Waals surface area contributed by atoms with E-state index in [1.165, 1.54) is 7.11 Å². The fourth-order valence-electron chi connectivity index (χ4n) is 4.00. The summed E-state index contributed by atoms with van der Waals surface area (Å²) in [7, 11) is 1.53. The number of amides is 4. The number of urea groups is 1. The number of methoxy groups -OCH3 is 1. The highest BCUT2D eigenvalue weighted by molar-refractivity contribution is 6.08. The molecule has 8 heteroatoms. The van der Waals surface area contributed by atoms with Crippen LogP contribution >= 0.6 is 0 Å². The first-order valence-electron chi connectivity index (χ1n) is 11.3. The van der Waals surface area contributed by atoms with Crippen LogP contribution in [0.4, 0.5) is 10.5 Å². The van der Waals surface area contributed by atoms with Gasteiger partial charge in [0.2, 0.25) is 0 Å². The molecule has 0 radical (unpaired) electrons. The first-order chi connectivity index (χ1) is 16.8. The zero-order valence-corrected chi connectivity index (χ0v) is 19.9. The maximum absolute atomic E-state index is 13.2. The van der Waals surface area contributed by atoms with Gasteiger partial charge in [0.1, 0.15) is 11.3 Å². The summed E-state index contributed by atoms with van der Waals surface area (Å²) < 4.78 is 5.24. The minimum Gasteiger partial charge on any atom is -0.497 e. The van der Waals surface area contributed by atoms with Gasteiger partial charge in [0, 0.05) is 12.2 Å². The Morgan fingerprint density at radius 1 is 1.03 bits per heavy atom. The lowest BCUT2D eigenvalue weighted by Crippen LogP contribution is -2.50. The summed E-state index contributed by atoms with van der Waals surface area (Å²) in [5, 5.41) is 3.44. The predicted octanol–water partition coefficient (Wildman–Crippen LogP) is 3.51. The Bertz CT molecular complexity index is 1230. The highest BCUT2D eigenvalue weighted by atomic mass is 16.5. The number of imide groups is 1. The summed E-state index contributed by atoms with van der Waals surface area (Å²) in [4.78, 5) is 40.8. The molecule has 0 aliphatic carbocycles. The van der Waals surface area contributed by atoms with Gasteiger partial charge in [-0.05, 0) is 49.2 Å². The van der Waals surface area contributed by atoms with Crippen molar-refractivity contribution in [3.63, 3.8) is 0 Å². The molecule has 0 aromatic heterocycles. The monoisotopic (exact) mass is 472 g/mol. The average Bonchev–Trinajstić information content (AvgIpc) is 3.08. The van der Waals surface area contributed by atoms with E-state index in [-0.39, 0.29) is 6.54 Å². The molecule has 2 N–H and O–H groups in total. The van der Waals surface area contributed by atoms with Gasteiger partial charge in [-0.2, -0.15) is 5.01 Å². The topological polar surface area (TPSA) is 91.0 Å². The van der Waals surface area contributed by atoms with Crippen molar-refractivity contribution in [2.45, 2.75) is 25.9 Å². The number of hydrogen-bond donors (Lipinski definition) is 2. The minimum atomic E-state index is -1.33. The molecule has 1 aliphatic rings. The van der Waals surface area contributed by atoms with Crippen LogP contribution in [0, 0.1) is 6.92 Å². The Labute approximate surface area is 204 Å². The summed E-state index contributed by atoms with van der Waals surface area (Å²) in [6.45, 7) is 4.03. The van der Waals surface area contributed by atoms with Crippen molar-refractivity contribution in [2.24, 2.45) is 0 Å². The maximum atomic E-state index is 13.2. The van der Waals surface area contributed by atoms with E-state index in [9.17, 15) is 14.4 Å². The van der Waals surface area contributed by atoms with Gasteiger partial charge in [-0.15, -0.1) is 0 Å². The minimum absolute atomic E-state index is 0.0507. The van der Waals surface area contributed by atoms with Crippen molar-refractivity contribution in [2.75, 3.05) is 18.6 Å². The molecular formula is C27H28N4O4. The number of nitrogens with zero attached hydrogens (tertiary/aromatic N) is 2. The summed E-state index contributed by atoms with van der Waals surface area (Å²) in [5.41, 5.74) is 4.70. The van der Waals surface area contributed by atoms with Crippen molar-refractivity contribution < 1.29 is 19.1 Å². The van der Waals surface area contributed by atoms with Gasteiger partial charge in [-0.3, -0.25) is 15.0 Å². The van der Waals surface area contributed by atoms with Crippen LogP contribution in [0.1, 0.15) is 23.6 Å². The molecule has 1 aliphatic heterocycles. The van der Waals surface area contributed by atoms with E-state index >= 15 is 0 Å². The summed E-state index contributed by atoms with van der Waals surface area (Å²) in [6, 6.07) is 23.8. The van der Waals surface area contributed by atoms with Crippen molar-refractivity contribution in [1.29, 1.82) is 0 Å². The molecule has 0 spiro atoms. The molecule has 3 aromatic rings. The number of nitrogens with one attached hydrogen (secondary N) is 2. The predicted molar refractivity (Wildman–Crippen MR) is 133 cm³/mol. The molecule has 1 unspecified atom stereocenters. The van der Waals surface area contributed by atoms with Crippen molar-refractivity contribution >= 4 is 23.5 Å². The molecule has 0 bridgehead atoms. The highest BCUT2D eigenvalue weighted by Crippen LogP contribution is 2.30. The third-order valence-corrected chi connectivity index (χ3v) is 6.02. The second-order valence-electron chi connectivity index (χ2n) is 8.64. The van der Waals surface area contributed by atoms with Gasteiger partial charge < -0.3 is 15.0 Å². The van der Waals surface area contributed by atoms with Crippen molar-refractivity contribution in [3.05, 3.63) is 95.6 Å². The van der Waals surface area contributed by atoms with Gasteiger partial charge in [-0.25, -0.2) is 4.79 Å². The molecule has 35 heavy (non-hydrogen) atoms. The number of ether oxygens (including phenoxy) is 1. The number of aryl methyl sites for hydroxylation is 1. The molecule has 1 heterocycles. The lowest BCUT2D eigenvalue weighted by Gasteiger charge is -2.26. The molecule has 1 fully saturated rings. The quantitative estimate of drug-likeness (QED) is 0.490. The van der Waals surface area contributed by atoms with E-state index in [1.54, 1.807) is 31.2 Å². The van der Waals surface area contributed by atoms with E-state index < -0.39 is 23.4 Å². The van der Waals surface area contributed by atoms with Gasteiger partial charge in [0.15, 0.2) is 0 Å². The second kappa shape index (κ2) is 9.89. The number of hydrogen-bond acceptors (Lipinski definition) is 5. The van der Waals surface area contributed by atoms with Crippen molar-refractivity contribution in [1.82, 2.24) is 15.8 Å². The number of benzene rings is 3. The van der Waals surface area contributed by atoms with E-state index in [0.29, 0.717) is 17.9 Å². The normalized spacial score (nSPS) is 17.2. The maximum Gasteiger partial charge on any atom is 0.344 e. The Hall–Kier alpha value is -4.33. The highest BCUT2D eigenvalue weighted by Gasteiger charge is 2.50. The molecule has 8 nitrogen and oxygen atoms in total. The van der Waals surface area contributed by atoms with Crippen LogP contribution < -0.4 is 20.4 Å². The molecule has 4 rings (SSSR count). The first-order valence-corrected chi connectivity index (χ1v) is 11.3. The molecule has 1 atom stereocenters. The van der Waals surface area contributed by atoms with Crippen LogP contribution in [0.25, 0.3) is 0 Å². The fraction of sp³-hybridized carbons (Fsp3) is 0.222. The van der Waals surface area contributed by atoms with Crippen LogP contribution in [0.2, 0.25) is 0 Å². The lowest BCUT2D eigenvalue weighted by molar-refractivity contribution is -0.138. The smallest absolute Gasteiger partial charge is 0.344 e. The number of anilines is 1. The zero-order valence-electron chi connectivity index (χ0n) is 19.9. The van der Waals surface area contributed by atoms with Gasteiger partial charge >= 0.3 is 6.03 Å². The molecule has 3 aromatic carbocycles. The summed E-state index contributed by atoms with van der Waals surface area (Å²) in [5.74, 6) is -0.503. The zero-order chi connectivity index (χ0) is 25.0. The van der Waals surface area contributed by atoms with E-state index in [1.807, 2.05) is 66.4 Å². The molecular weight excluding hydrogens is 444 g/mol. The Morgan fingerprint density at radius 3 is 2.43 bits per heavy atom. The van der Waals surface area contributed by atoms with Crippen LogP contribution in [-0.2, 0) is 21.7 Å². The lowest BCUT2D eigenvalue weighted by atomic mass is 9.92. The largest absolute Gasteiger partial charge is 0.497 e. The van der Waals surface area contributed by atoms with E-state index in [0.717, 1.165) is 21.8 Å². The van der Waals surface area contributed by atoms with Crippen LogP contribution in [-0.4, -0.2) is 36.5 Å². The molecule has 180 valence electrons. The third kappa shape index (κ3) is 5.11. The fourth-order valence-corrected chi connectivity index (χ4v) is 4.00. The summed E-state index contributed by atoms with van der Waals surface area (Å²) >= 11 is 0. The average molecular weight is 473 g/mol. The number of hydrazine groups is 1. The van der Waals surface area contributed by atoms with E-state index in [4.69, 9.17) is 4.74 Å². The van der Waals surface area contributed by atoms with Gasteiger partial charge in [0.05, 0.1) is 13.7 Å². The van der Waals surface area contributed by atoms with E-state index in [2.05, 4.69) is 10.7 Å². The first kappa shape index (κ1) is 23.8. The third-order valence-electron chi connectivity index (χ3n) is 6.02. The SMILES string of the molecule is COc1cccc(C2(C)NC(=O)N(NC(=O)CN(Cc3ccccc3)c3ccc(C)cc3)C2=O)c1. The Balaban J connectivity index is 1.51. The van der Waals surface area contributed by atoms with Crippen molar-refractivity contribution in [3.8, 4) is 5.75 Å².